The highest BCUT2D eigenvalue weighted by Gasteiger charge is 2.41. The summed E-state index contributed by atoms with van der Waals surface area (Å²) in [5.41, 5.74) is 2.09. The molecule has 0 bridgehead atoms. The highest BCUT2D eigenvalue weighted by molar-refractivity contribution is 8.23. The lowest BCUT2D eigenvalue weighted by Crippen LogP contribution is -2.35. The highest BCUT2D eigenvalue weighted by atomic mass is 32.2. The first-order valence-electron chi connectivity index (χ1n) is 11.7. The predicted octanol–water partition coefficient (Wildman–Crippen LogP) is 7.69. The van der Waals surface area contributed by atoms with E-state index in [2.05, 4.69) is 88.5 Å². The molecule has 0 amide bonds. The number of nitrogens with one attached hydrogen (secondary N) is 1. The summed E-state index contributed by atoms with van der Waals surface area (Å²) in [4.78, 5) is 11.8. The van der Waals surface area contributed by atoms with E-state index in [1.165, 1.54) is 11.1 Å². The van der Waals surface area contributed by atoms with Crippen LogP contribution in [0.3, 0.4) is 0 Å². The van der Waals surface area contributed by atoms with Gasteiger partial charge in [-0.1, -0.05) is 119 Å². The summed E-state index contributed by atoms with van der Waals surface area (Å²) in [5, 5.41) is 13.2. The SMILES string of the molecule is CCNC(=S)SC(CC(C)(C)C(CC(C)(C)C(C)C(=O)O)c1ccccc1)c1ccccc1. The fourth-order valence-corrected chi connectivity index (χ4v) is 6.18. The summed E-state index contributed by atoms with van der Waals surface area (Å²) >= 11 is 7.33. The number of aliphatic carboxylic acids is 1. The molecule has 0 saturated heterocycles. The quantitative estimate of drug-likeness (QED) is 0.319. The second-order valence-electron chi connectivity index (χ2n) is 10.2. The van der Waals surface area contributed by atoms with Crippen LogP contribution in [0.5, 0.6) is 0 Å². The van der Waals surface area contributed by atoms with Gasteiger partial charge in [-0.15, -0.1) is 0 Å². The lowest BCUT2D eigenvalue weighted by atomic mass is 9.63. The van der Waals surface area contributed by atoms with Crippen molar-refractivity contribution in [3.05, 3.63) is 71.8 Å². The number of carboxylic acid groups (broad SMARTS) is 1. The molecule has 33 heavy (non-hydrogen) atoms. The van der Waals surface area contributed by atoms with E-state index in [4.69, 9.17) is 12.2 Å². The average Bonchev–Trinajstić information content (AvgIpc) is 2.77. The van der Waals surface area contributed by atoms with Gasteiger partial charge < -0.3 is 10.4 Å². The summed E-state index contributed by atoms with van der Waals surface area (Å²) < 4.78 is 0.818. The maximum Gasteiger partial charge on any atom is 0.306 e. The van der Waals surface area contributed by atoms with Crippen molar-refractivity contribution in [1.82, 2.24) is 5.32 Å². The maximum absolute atomic E-state index is 11.8. The van der Waals surface area contributed by atoms with Gasteiger partial charge in [0.25, 0.3) is 0 Å². The molecule has 0 aliphatic carbocycles. The third-order valence-electron chi connectivity index (χ3n) is 6.87. The number of benzene rings is 2. The molecule has 0 saturated carbocycles. The first-order valence-corrected chi connectivity index (χ1v) is 13.0. The lowest BCUT2D eigenvalue weighted by molar-refractivity contribution is -0.145. The number of carboxylic acids is 1. The van der Waals surface area contributed by atoms with E-state index in [-0.39, 0.29) is 22.0 Å². The van der Waals surface area contributed by atoms with Crippen molar-refractivity contribution in [2.24, 2.45) is 16.7 Å². The van der Waals surface area contributed by atoms with Crippen molar-refractivity contribution in [1.29, 1.82) is 0 Å². The number of hydrogen-bond donors (Lipinski definition) is 2. The Bertz CT molecular complexity index is 897. The molecule has 2 rings (SSSR count). The van der Waals surface area contributed by atoms with Crippen LogP contribution in [0, 0.1) is 16.7 Å². The molecule has 3 nitrogen and oxygen atoms in total. The van der Waals surface area contributed by atoms with Gasteiger partial charge in [0.2, 0.25) is 0 Å². The Morgan fingerprint density at radius 3 is 1.94 bits per heavy atom. The van der Waals surface area contributed by atoms with E-state index < -0.39 is 11.9 Å². The average molecular weight is 486 g/mol. The molecule has 180 valence electrons. The number of thioether (sulfide) groups is 1. The highest BCUT2D eigenvalue weighted by Crippen LogP contribution is 2.51. The zero-order chi connectivity index (χ0) is 24.6. The minimum Gasteiger partial charge on any atom is -0.481 e. The Hall–Kier alpha value is -1.85. The second kappa shape index (κ2) is 12.0. The van der Waals surface area contributed by atoms with Crippen molar-refractivity contribution >= 4 is 34.3 Å². The van der Waals surface area contributed by atoms with Crippen molar-refractivity contribution in [2.75, 3.05) is 6.54 Å². The van der Waals surface area contributed by atoms with Crippen LogP contribution in [0.25, 0.3) is 0 Å². The molecule has 2 aromatic rings. The Kier molecular flexibility index (Phi) is 9.99. The fourth-order valence-electron chi connectivity index (χ4n) is 4.40. The molecule has 2 aromatic carbocycles. The first-order chi connectivity index (χ1) is 15.5. The van der Waals surface area contributed by atoms with E-state index in [0.717, 1.165) is 23.7 Å². The zero-order valence-corrected chi connectivity index (χ0v) is 22.4. The Labute approximate surface area is 209 Å². The van der Waals surface area contributed by atoms with Crippen LogP contribution >= 0.6 is 24.0 Å². The van der Waals surface area contributed by atoms with Crippen LogP contribution in [-0.2, 0) is 4.79 Å². The summed E-state index contributed by atoms with van der Waals surface area (Å²) in [5.74, 6) is -0.964. The second-order valence-corrected chi connectivity index (χ2v) is 12.1. The first kappa shape index (κ1) is 27.4. The van der Waals surface area contributed by atoms with Crippen LogP contribution in [0.2, 0.25) is 0 Å². The minimum absolute atomic E-state index is 0.0911. The van der Waals surface area contributed by atoms with Gasteiger partial charge >= 0.3 is 5.97 Å². The van der Waals surface area contributed by atoms with E-state index >= 15 is 0 Å². The third kappa shape index (κ3) is 7.86. The summed E-state index contributed by atoms with van der Waals surface area (Å²) in [6, 6.07) is 21.1. The van der Waals surface area contributed by atoms with Crippen LogP contribution in [0.15, 0.2) is 60.7 Å². The molecular weight excluding hydrogens is 446 g/mol. The van der Waals surface area contributed by atoms with Crippen LogP contribution in [0.4, 0.5) is 0 Å². The molecule has 0 aromatic heterocycles. The molecule has 3 unspecified atom stereocenters. The van der Waals surface area contributed by atoms with Crippen LogP contribution < -0.4 is 5.32 Å². The smallest absolute Gasteiger partial charge is 0.306 e. The molecule has 0 spiro atoms. The van der Waals surface area contributed by atoms with Crippen molar-refractivity contribution in [2.45, 2.75) is 65.6 Å². The van der Waals surface area contributed by atoms with Gasteiger partial charge in [-0.3, -0.25) is 4.79 Å². The van der Waals surface area contributed by atoms with Gasteiger partial charge in [0.15, 0.2) is 0 Å². The van der Waals surface area contributed by atoms with Crippen molar-refractivity contribution < 1.29 is 9.90 Å². The van der Waals surface area contributed by atoms with Gasteiger partial charge in [-0.2, -0.15) is 0 Å². The number of thiocarbonyl (C=S) groups is 1. The molecular formula is C28H39NO2S2. The molecule has 2 N–H and O–H groups in total. The minimum atomic E-state index is -0.738. The molecule has 0 fully saturated rings. The molecule has 0 aliphatic heterocycles. The van der Waals surface area contributed by atoms with Gasteiger partial charge in [-0.25, -0.2) is 0 Å². The molecule has 3 atom stereocenters. The largest absolute Gasteiger partial charge is 0.481 e. The van der Waals surface area contributed by atoms with Crippen LogP contribution in [0.1, 0.15) is 76.7 Å². The van der Waals surface area contributed by atoms with E-state index in [0.29, 0.717) is 0 Å². The predicted molar refractivity (Wildman–Crippen MR) is 146 cm³/mol. The van der Waals surface area contributed by atoms with Gasteiger partial charge in [-0.05, 0) is 47.6 Å². The molecule has 0 radical (unpaired) electrons. The number of rotatable bonds is 11. The molecule has 5 heteroatoms. The molecule has 0 aliphatic rings. The topological polar surface area (TPSA) is 49.3 Å². The monoisotopic (exact) mass is 485 g/mol. The number of carbonyl (C=O) groups is 1. The third-order valence-corrected chi connectivity index (χ3v) is 8.39. The maximum atomic E-state index is 11.8. The van der Waals surface area contributed by atoms with Crippen LogP contribution in [-0.4, -0.2) is 21.9 Å². The number of hydrogen-bond acceptors (Lipinski definition) is 3. The Balaban J connectivity index is 2.42. The fraction of sp³-hybridized carbons (Fsp3) is 0.500. The van der Waals surface area contributed by atoms with E-state index in [1.54, 1.807) is 11.8 Å². The van der Waals surface area contributed by atoms with Gasteiger partial charge in [0.1, 0.15) is 4.32 Å². The van der Waals surface area contributed by atoms with Crippen molar-refractivity contribution in [3.63, 3.8) is 0 Å². The molecule has 0 heterocycles. The Morgan fingerprint density at radius 1 is 0.939 bits per heavy atom. The van der Waals surface area contributed by atoms with E-state index in [1.807, 2.05) is 19.1 Å². The zero-order valence-electron chi connectivity index (χ0n) is 20.8. The van der Waals surface area contributed by atoms with E-state index in [9.17, 15) is 9.90 Å². The summed E-state index contributed by atoms with van der Waals surface area (Å²) in [6.07, 6.45) is 1.71. The van der Waals surface area contributed by atoms with Crippen molar-refractivity contribution in [3.8, 4) is 0 Å². The summed E-state index contributed by atoms with van der Waals surface area (Å²) in [6.45, 7) is 13.5. The van der Waals surface area contributed by atoms with Gasteiger partial charge in [0, 0.05) is 11.8 Å². The Morgan fingerprint density at radius 2 is 1.45 bits per heavy atom. The van der Waals surface area contributed by atoms with Gasteiger partial charge in [0.05, 0.1) is 5.92 Å². The summed E-state index contributed by atoms with van der Waals surface area (Å²) in [7, 11) is 0. The standard InChI is InChI=1S/C28H39NO2S2/c1-7-29-26(32)33-24(22-16-12-9-13-17-22)19-28(5,6)23(21-14-10-8-11-15-21)18-27(3,4)20(2)25(30)31/h8-17,20,23-24H,7,18-19H2,1-6H3,(H,29,32)(H,30,31). The lowest BCUT2D eigenvalue weighted by Gasteiger charge is -2.42. The normalized spacial score (nSPS) is 14.8.